The van der Waals surface area contributed by atoms with Crippen molar-refractivity contribution in [2.24, 2.45) is 5.92 Å². The second kappa shape index (κ2) is 6.72. The Kier molecular flexibility index (Phi) is 4.98. The molecule has 0 aliphatic carbocycles. The van der Waals surface area contributed by atoms with Crippen LogP contribution in [0.15, 0.2) is 48.5 Å². The molecule has 0 fully saturated rings. The summed E-state index contributed by atoms with van der Waals surface area (Å²) < 4.78 is 13.6. The van der Waals surface area contributed by atoms with Gasteiger partial charge in [0, 0.05) is 5.88 Å². The smallest absolute Gasteiger partial charge is 0.126 e. The SMILES string of the molecule is Cc1cccc(CC(CCl)Cc2ccccc2F)c1. The van der Waals surface area contributed by atoms with Crippen LogP contribution in [0.5, 0.6) is 0 Å². The lowest BCUT2D eigenvalue weighted by molar-refractivity contribution is 0.546. The van der Waals surface area contributed by atoms with Crippen molar-refractivity contribution in [2.75, 3.05) is 5.88 Å². The molecule has 0 saturated heterocycles. The zero-order chi connectivity index (χ0) is 13.7. The fourth-order valence-electron chi connectivity index (χ4n) is 2.33. The van der Waals surface area contributed by atoms with Crippen LogP contribution in [-0.4, -0.2) is 5.88 Å². The third kappa shape index (κ3) is 4.07. The van der Waals surface area contributed by atoms with E-state index in [1.54, 1.807) is 6.07 Å². The Bertz CT molecular complexity index is 536. The molecule has 0 aromatic heterocycles. The van der Waals surface area contributed by atoms with Gasteiger partial charge in [0.15, 0.2) is 0 Å². The topological polar surface area (TPSA) is 0 Å². The molecule has 0 saturated carbocycles. The van der Waals surface area contributed by atoms with Gasteiger partial charge in [-0.2, -0.15) is 0 Å². The molecule has 1 unspecified atom stereocenters. The van der Waals surface area contributed by atoms with Crippen molar-refractivity contribution < 1.29 is 4.39 Å². The average Bonchev–Trinajstić information content (AvgIpc) is 2.40. The number of rotatable bonds is 5. The zero-order valence-electron chi connectivity index (χ0n) is 11.1. The highest BCUT2D eigenvalue weighted by Crippen LogP contribution is 2.18. The molecule has 19 heavy (non-hydrogen) atoms. The first kappa shape index (κ1) is 14.1. The first-order valence-electron chi connectivity index (χ1n) is 6.54. The van der Waals surface area contributed by atoms with Crippen LogP contribution in [0.25, 0.3) is 0 Å². The van der Waals surface area contributed by atoms with Crippen LogP contribution < -0.4 is 0 Å². The number of benzene rings is 2. The van der Waals surface area contributed by atoms with Crippen molar-refractivity contribution in [3.8, 4) is 0 Å². The van der Waals surface area contributed by atoms with Crippen LogP contribution in [0.4, 0.5) is 4.39 Å². The summed E-state index contributed by atoms with van der Waals surface area (Å²) in [6.07, 6.45) is 1.57. The third-order valence-electron chi connectivity index (χ3n) is 3.29. The van der Waals surface area contributed by atoms with Crippen molar-refractivity contribution in [3.05, 3.63) is 71.0 Å². The van der Waals surface area contributed by atoms with Crippen LogP contribution in [0, 0.1) is 18.7 Å². The number of alkyl halides is 1. The minimum Gasteiger partial charge on any atom is -0.207 e. The van der Waals surface area contributed by atoms with Crippen LogP contribution in [0.1, 0.15) is 16.7 Å². The Morgan fingerprint density at radius 1 is 1.05 bits per heavy atom. The van der Waals surface area contributed by atoms with Crippen molar-refractivity contribution in [3.63, 3.8) is 0 Å². The van der Waals surface area contributed by atoms with Crippen molar-refractivity contribution >= 4 is 11.6 Å². The Balaban J connectivity index is 2.07. The average molecular weight is 277 g/mol. The van der Waals surface area contributed by atoms with Gasteiger partial charge in [-0.15, -0.1) is 11.6 Å². The zero-order valence-corrected chi connectivity index (χ0v) is 11.8. The van der Waals surface area contributed by atoms with E-state index in [1.165, 1.54) is 17.2 Å². The maximum absolute atomic E-state index is 13.6. The minimum absolute atomic E-state index is 0.137. The summed E-state index contributed by atoms with van der Waals surface area (Å²) >= 11 is 6.04. The largest absolute Gasteiger partial charge is 0.207 e. The predicted molar refractivity (Wildman–Crippen MR) is 79.2 cm³/mol. The van der Waals surface area contributed by atoms with E-state index in [2.05, 4.69) is 31.2 Å². The van der Waals surface area contributed by atoms with Crippen LogP contribution in [0.2, 0.25) is 0 Å². The van der Waals surface area contributed by atoms with Gasteiger partial charge < -0.3 is 0 Å². The van der Waals surface area contributed by atoms with E-state index in [9.17, 15) is 4.39 Å². The van der Waals surface area contributed by atoms with Gasteiger partial charge in [-0.3, -0.25) is 0 Å². The molecule has 0 amide bonds. The molecule has 0 aliphatic heterocycles. The van der Waals surface area contributed by atoms with Crippen LogP contribution in [0.3, 0.4) is 0 Å². The van der Waals surface area contributed by atoms with Gasteiger partial charge in [0.1, 0.15) is 5.82 Å². The minimum atomic E-state index is -0.137. The Morgan fingerprint density at radius 3 is 2.53 bits per heavy atom. The quantitative estimate of drug-likeness (QED) is 0.690. The number of aryl methyl sites for hydroxylation is 1. The molecule has 2 rings (SSSR count). The van der Waals surface area contributed by atoms with Crippen LogP contribution in [-0.2, 0) is 12.8 Å². The van der Waals surface area contributed by atoms with Gasteiger partial charge >= 0.3 is 0 Å². The summed E-state index contributed by atoms with van der Waals surface area (Å²) in [6, 6.07) is 15.3. The van der Waals surface area contributed by atoms with E-state index in [-0.39, 0.29) is 11.7 Å². The molecule has 0 aliphatic rings. The molecule has 0 N–H and O–H groups in total. The van der Waals surface area contributed by atoms with Crippen molar-refractivity contribution in [1.29, 1.82) is 0 Å². The van der Waals surface area contributed by atoms with E-state index >= 15 is 0 Å². The second-order valence-electron chi connectivity index (χ2n) is 5.01. The van der Waals surface area contributed by atoms with Crippen molar-refractivity contribution in [2.45, 2.75) is 19.8 Å². The molecule has 2 aromatic carbocycles. The van der Waals surface area contributed by atoms with E-state index in [0.717, 1.165) is 12.0 Å². The lowest BCUT2D eigenvalue weighted by atomic mass is 9.93. The summed E-state index contributed by atoms with van der Waals surface area (Å²) in [5.74, 6) is 0.671. The Hall–Kier alpha value is -1.34. The predicted octanol–water partition coefficient (Wildman–Crippen LogP) is 4.77. The maximum Gasteiger partial charge on any atom is 0.126 e. The molecule has 0 spiro atoms. The maximum atomic E-state index is 13.6. The van der Waals surface area contributed by atoms with Crippen molar-refractivity contribution in [1.82, 2.24) is 0 Å². The summed E-state index contributed by atoms with van der Waals surface area (Å²) in [4.78, 5) is 0. The molecule has 1 atom stereocenters. The first-order chi connectivity index (χ1) is 9.19. The number of hydrogen-bond donors (Lipinski definition) is 0. The molecule has 2 aromatic rings. The van der Waals surface area contributed by atoms with Gasteiger partial charge in [-0.25, -0.2) is 4.39 Å². The summed E-state index contributed by atoms with van der Waals surface area (Å²) in [5.41, 5.74) is 3.26. The molecule has 0 radical (unpaired) electrons. The molecule has 2 heteroatoms. The number of hydrogen-bond acceptors (Lipinski definition) is 0. The highest BCUT2D eigenvalue weighted by atomic mass is 35.5. The van der Waals surface area contributed by atoms with Crippen LogP contribution >= 0.6 is 11.6 Å². The van der Waals surface area contributed by atoms with E-state index in [1.807, 2.05) is 12.1 Å². The van der Waals surface area contributed by atoms with Gasteiger partial charge in [0.2, 0.25) is 0 Å². The standard InChI is InChI=1S/C17H18ClF/c1-13-5-4-6-14(9-13)10-15(12-18)11-16-7-2-3-8-17(16)19/h2-9,15H,10-12H2,1H3. The molecule has 0 nitrogen and oxygen atoms in total. The van der Waals surface area contributed by atoms with Gasteiger partial charge in [0.25, 0.3) is 0 Å². The molecule has 0 heterocycles. The van der Waals surface area contributed by atoms with E-state index < -0.39 is 0 Å². The van der Waals surface area contributed by atoms with Gasteiger partial charge in [-0.05, 0) is 42.9 Å². The number of halogens is 2. The fraction of sp³-hybridized carbons (Fsp3) is 0.294. The third-order valence-corrected chi connectivity index (χ3v) is 3.73. The summed E-state index contributed by atoms with van der Waals surface area (Å²) in [6.45, 7) is 2.08. The Labute approximate surface area is 119 Å². The molecule has 100 valence electrons. The Morgan fingerprint density at radius 2 is 1.84 bits per heavy atom. The van der Waals surface area contributed by atoms with E-state index in [4.69, 9.17) is 11.6 Å². The second-order valence-corrected chi connectivity index (χ2v) is 5.32. The lowest BCUT2D eigenvalue weighted by Gasteiger charge is -2.15. The molecule has 0 bridgehead atoms. The first-order valence-corrected chi connectivity index (χ1v) is 7.07. The van der Waals surface area contributed by atoms with E-state index in [0.29, 0.717) is 12.3 Å². The molecular formula is C17H18ClF. The molecular weight excluding hydrogens is 259 g/mol. The fourth-order valence-corrected chi connectivity index (χ4v) is 2.55. The normalized spacial score (nSPS) is 12.4. The lowest BCUT2D eigenvalue weighted by Crippen LogP contribution is -2.11. The summed E-state index contributed by atoms with van der Waals surface area (Å²) in [5, 5.41) is 0. The summed E-state index contributed by atoms with van der Waals surface area (Å²) in [7, 11) is 0. The van der Waals surface area contributed by atoms with Gasteiger partial charge in [0.05, 0.1) is 0 Å². The monoisotopic (exact) mass is 276 g/mol. The highest BCUT2D eigenvalue weighted by Gasteiger charge is 2.12. The van der Waals surface area contributed by atoms with Gasteiger partial charge in [-0.1, -0.05) is 48.0 Å². The highest BCUT2D eigenvalue weighted by molar-refractivity contribution is 6.18.